The van der Waals surface area contributed by atoms with Crippen LogP contribution in [0.15, 0.2) is 0 Å². The molecule has 7 heteroatoms. The second kappa shape index (κ2) is 12.8. The van der Waals surface area contributed by atoms with Gasteiger partial charge in [-0.1, -0.05) is 51.4 Å². The normalized spacial score (nSPS) is 26.0. The van der Waals surface area contributed by atoms with Crippen LogP contribution in [-0.2, 0) is 14.3 Å². The Balaban J connectivity index is 1.95. The van der Waals surface area contributed by atoms with Crippen LogP contribution in [0.3, 0.4) is 0 Å². The van der Waals surface area contributed by atoms with E-state index in [1.54, 1.807) is 4.90 Å². The lowest BCUT2D eigenvalue weighted by atomic mass is 10.0. The number of ketones is 1. The van der Waals surface area contributed by atoms with Gasteiger partial charge in [-0.3, -0.25) is 9.59 Å². The van der Waals surface area contributed by atoms with Crippen molar-refractivity contribution in [1.29, 1.82) is 0 Å². The summed E-state index contributed by atoms with van der Waals surface area (Å²) in [6.07, 6.45) is 11.6. The minimum absolute atomic E-state index is 0.0129. The zero-order chi connectivity index (χ0) is 20.2. The van der Waals surface area contributed by atoms with Crippen LogP contribution >= 0.6 is 0 Å². The molecule has 2 saturated heterocycles. The van der Waals surface area contributed by atoms with E-state index >= 15 is 0 Å². The molecule has 0 radical (unpaired) electrons. The van der Waals surface area contributed by atoms with Gasteiger partial charge in [0.25, 0.3) is 0 Å². The molecule has 160 valence electrons. The summed E-state index contributed by atoms with van der Waals surface area (Å²) >= 11 is 0. The highest BCUT2D eigenvalue weighted by Gasteiger charge is 2.40. The second-order valence-corrected chi connectivity index (χ2v) is 8.04. The smallest absolute Gasteiger partial charge is 0.407 e. The number of carbonyl (C=O) groups is 3. The number of hydrogen-bond acceptors (Lipinski definition) is 5. The van der Waals surface area contributed by atoms with Crippen LogP contribution in [0.4, 0.5) is 4.79 Å². The SMILES string of the molecule is NCCNC(=O)OC1CC2C(=O)CCCCCCCCCCCCC(=O)N2C1. The monoisotopic (exact) mass is 395 g/mol. The molecular weight excluding hydrogens is 358 g/mol. The maximum atomic E-state index is 12.8. The van der Waals surface area contributed by atoms with Crippen molar-refractivity contribution in [3.05, 3.63) is 0 Å². The van der Waals surface area contributed by atoms with Crippen LogP contribution in [0.1, 0.15) is 83.5 Å². The number of amides is 2. The molecule has 28 heavy (non-hydrogen) atoms. The molecule has 3 N–H and O–H groups in total. The third-order valence-corrected chi connectivity index (χ3v) is 5.71. The molecule has 0 saturated carbocycles. The molecule has 7 nitrogen and oxygen atoms in total. The topological polar surface area (TPSA) is 102 Å². The highest BCUT2D eigenvalue weighted by molar-refractivity contribution is 5.89. The highest BCUT2D eigenvalue weighted by atomic mass is 16.6. The summed E-state index contributed by atoms with van der Waals surface area (Å²) in [5.74, 6) is 0.118. The summed E-state index contributed by atoms with van der Waals surface area (Å²) in [5, 5.41) is 2.58. The molecule has 2 heterocycles. The van der Waals surface area contributed by atoms with Gasteiger partial charge in [0.05, 0.1) is 12.6 Å². The van der Waals surface area contributed by atoms with Crippen LogP contribution in [0, 0.1) is 0 Å². The number of carbonyl (C=O) groups excluding carboxylic acids is 3. The van der Waals surface area contributed by atoms with Crippen LogP contribution < -0.4 is 11.1 Å². The van der Waals surface area contributed by atoms with Crippen molar-refractivity contribution < 1.29 is 19.1 Å². The summed E-state index contributed by atoms with van der Waals surface area (Å²) in [5.41, 5.74) is 5.38. The largest absolute Gasteiger partial charge is 0.444 e. The van der Waals surface area contributed by atoms with Crippen molar-refractivity contribution >= 4 is 17.8 Å². The Morgan fingerprint density at radius 1 is 0.964 bits per heavy atom. The first-order valence-electron chi connectivity index (χ1n) is 11.1. The minimum atomic E-state index is -0.533. The Morgan fingerprint density at radius 2 is 1.54 bits per heavy atom. The first-order valence-corrected chi connectivity index (χ1v) is 11.1. The van der Waals surface area contributed by atoms with Crippen LogP contribution in [0.2, 0.25) is 0 Å². The Morgan fingerprint density at radius 3 is 2.14 bits per heavy atom. The predicted octanol–water partition coefficient (Wildman–Crippen LogP) is 2.90. The number of hydrogen-bond donors (Lipinski definition) is 2. The first kappa shape index (κ1) is 22.7. The third-order valence-electron chi connectivity index (χ3n) is 5.71. The van der Waals surface area contributed by atoms with Crippen LogP contribution in [-0.4, -0.2) is 54.5 Å². The standard InChI is InChI=1S/C21H37N3O4/c22-13-14-23-21(27)28-17-15-18-19(25)11-9-7-5-3-1-2-4-6-8-10-12-20(26)24(18)16-17/h17-18H,1-16,22H2,(H,23,27). The van der Waals surface area contributed by atoms with Gasteiger partial charge in [-0.15, -0.1) is 0 Å². The van der Waals surface area contributed by atoms with Crippen molar-refractivity contribution in [2.24, 2.45) is 5.73 Å². The summed E-state index contributed by atoms with van der Waals surface area (Å²) < 4.78 is 5.42. The van der Waals surface area contributed by atoms with Crippen molar-refractivity contribution in [1.82, 2.24) is 10.2 Å². The molecule has 0 aromatic heterocycles. The van der Waals surface area contributed by atoms with Gasteiger partial charge in [-0.25, -0.2) is 4.79 Å². The lowest BCUT2D eigenvalue weighted by Crippen LogP contribution is -2.40. The van der Waals surface area contributed by atoms with E-state index in [-0.39, 0.29) is 11.7 Å². The Labute approximate surface area is 168 Å². The number of alkyl carbamates (subject to hydrolysis) is 1. The Bertz CT molecular complexity index is 478. The lowest BCUT2D eigenvalue weighted by Gasteiger charge is -2.23. The number of fused-ring (bicyclic) bond motifs is 1. The third kappa shape index (κ3) is 7.78. The molecule has 2 aliphatic heterocycles. The molecule has 2 aliphatic rings. The van der Waals surface area contributed by atoms with Crippen molar-refractivity contribution in [2.45, 2.75) is 95.6 Å². The molecule has 2 rings (SSSR count). The number of nitrogens with zero attached hydrogens (tertiary/aromatic N) is 1. The summed E-state index contributed by atoms with van der Waals surface area (Å²) in [6.45, 7) is 0.993. The minimum Gasteiger partial charge on any atom is -0.444 e. The van der Waals surface area contributed by atoms with Gasteiger partial charge in [-0.2, -0.15) is 0 Å². The van der Waals surface area contributed by atoms with Gasteiger partial charge < -0.3 is 20.7 Å². The predicted molar refractivity (Wildman–Crippen MR) is 108 cm³/mol. The van der Waals surface area contributed by atoms with E-state index in [1.807, 2.05) is 0 Å². The number of Topliss-reactive ketones (excluding diaryl/α,β-unsaturated/α-hetero) is 1. The van der Waals surface area contributed by atoms with Gasteiger partial charge in [0, 0.05) is 32.4 Å². The summed E-state index contributed by atoms with van der Waals surface area (Å²) in [4.78, 5) is 39.0. The van der Waals surface area contributed by atoms with Gasteiger partial charge in [0.1, 0.15) is 6.10 Å². The maximum absolute atomic E-state index is 12.8. The fraction of sp³-hybridized carbons (Fsp3) is 0.857. The van der Waals surface area contributed by atoms with Gasteiger partial charge >= 0.3 is 6.09 Å². The number of ether oxygens (including phenoxy) is 1. The van der Waals surface area contributed by atoms with E-state index in [4.69, 9.17) is 10.5 Å². The number of rotatable bonds is 3. The molecule has 0 aromatic rings. The van der Waals surface area contributed by atoms with Gasteiger partial charge in [-0.05, 0) is 12.8 Å². The number of nitrogens with one attached hydrogen (secondary N) is 1. The fourth-order valence-corrected chi connectivity index (χ4v) is 4.13. The number of nitrogens with two attached hydrogens (primary N) is 1. The summed E-state index contributed by atoms with van der Waals surface area (Å²) in [7, 11) is 0. The summed E-state index contributed by atoms with van der Waals surface area (Å²) in [6, 6.07) is -0.451. The van der Waals surface area contributed by atoms with E-state index in [2.05, 4.69) is 5.32 Å². The zero-order valence-corrected chi connectivity index (χ0v) is 17.1. The van der Waals surface area contributed by atoms with Crippen molar-refractivity contribution in [2.75, 3.05) is 19.6 Å². The van der Waals surface area contributed by atoms with Crippen LogP contribution in [0.5, 0.6) is 0 Å². The van der Waals surface area contributed by atoms with E-state index in [1.165, 1.54) is 38.5 Å². The van der Waals surface area contributed by atoms with E-state index < -0.39 is 18.2 Å². The molecule has 2 fully saturated rings. The van der Waals surface area contributed by atoms with E-state index in [9.17, 15) is 14.4 Å². The zero-order valence-electron chi connectivity index (χ0n) is 17.1. The molecule has 0 aromatic carbocycles. The van der Waals surface area contributed by atoms with Crippen molar-refractivity contribution in [3.63, 3.8) is 0 Å². The molecule has 2 unspecified atom stereocenters. The maximum Gasteiger partial charge on any atom is 0.407 e. The van der Waals surface area contributed by atoms with Crippen LogP contribution in [0.25, 0.3) is 0 Å². The first-order chi connectivity index (χ1) is 13.6. The quantitative estimate of drug-likeness (QED) is 0.765. The molecule has 0 spiro atoms. The Hall–Kier alpha value is -1.63. The van der Waals surface area contributed by atoms with Gasteiger partial charge in [0.2, 0.25) is 5.91 Å². The van der Waals surface area contributed by atoms with Crippen molar-refractivity contribution in [3.8, 4) is 0 Å². The second-order valence-electron chi connectivity index (χ2n) is 8.04. The average Bonchev–Trinajstić information content (AvgIpc) is 3.10. The molecule has 0 aliphatic carbocycles. The fourth-order valence-electron chi connectivity index (χ4n) is 4.13. The molecule has 2 amide bonds. The highest BCUT2D eigenvalue weighted by Crippen LogP contribution is 2.25. The average molecular weight is 396 g/mol. The lowest BCUT2D eigenvalue weighted by molar-refractivity contribution is -0.137. The Kier molecular flexibility index (Phi) is 10.3. The van der Waals surface area contributed by atoms with E-state index in [0.717, 1.165) is 25.7 Å². The van der Waals surface area contributed by atoms with Gasteiger partial charge in [0.15, 0.2) is 5.78 Å². The molecular formula is C21H37N3O4. The van der Waals surface area contributed by atoms with E-state index in [0.29, 0.717) is 38.9 Å². The molecule has 2 atom stereocenters. The molecule has 0 bridgehead atoms.